The van der Waals surface area contributed by atoms with Crippen LogP contribution in [0.4, 0.5) is 4.79 Å². The molecule has 1 saturated heterocycles. The molecule has 0 spiro atoms. The van der Waals surface area contributed by atoms with Crippen molar-refractivity contribution in [2.24, 2.45) is 11.7 Å². The summed E-state index contributed by atoms with van der Waals surface area (Å²) in [6.07, 6.45) is 53.2. The van der Waals surface area contributed by atoms with E-state index in [1.807, 2.05) is 20.8 Å². The Balaban J connectivity index is 2.40. The monoisotopic (exact) mass is 753 g/mol. The van der Waals surface area contributed by atoms with Crippen LogP contribution in [0.15, 0.2) is 48.6 Å². The van der Waals surface area contributed by atoms with Crippen LogP contribution in [0, 0.1) is 5.92 Å². The van der Waals surface area contributed by atoms with Crippen molar-refractivity contribution in [2.75, 3.05) is 6.54 Å². The van der Waals surface area contributed by atoms with Crippen molar-refractivity contribution >= 4 is 11.9 Å². The van der Waals surface area contributed by atoms with Crippen LogP contribution in [0.3, 0.4) is 0 Å². The third-order valence-electron chi connectivity index (χ3n) is 10.8. The quantitative estimate of drug-likeness (QED) is 0.0525. The Bertz CT molecular complexity index is 974. The highest BCUT2D eigenvalue weighted by Crippen LogP contribution is 2.27. The fourth-order valence-electron chi connectivity index (χ4n) is 7.48. The van der Waals surface area contributed by atoms with Crippen LogP contribution in [-0.4, -0.2) is 41.0 Å². The lowest BCUT2D eigenvalue weighted by molar-refractivity contribution is -0.123. The molecule has 2 atom stereocenters. The van der Waals surface area contributed by atoms with Gasteiger partial charge in [0.1, 0.15) is 5.60 Å². The number of hydrogen-bond acceptors (Lipinski definition) is 4. The first kappa shape index (κ1) is 49.9. The summed E-state index contributed by atoms with van der Waals surface area (Å²) in [6, 6.07) is -0.613. The van der Waals surface area contributed by atoms with Crippen molar-refractivity contribution in [1.82, 2.24) is 4.90 Å². The number of likely N-dealkylation sites (tertiary alicyclic amines) is 1. The second kappa shape index (κ2) is 34.1. The average Bonchev–Trinajstić information content (AvgIpc) is 3.54. The fourth-order valence-corrected chi connectivity index (χ4v) is 7.48. The summed E-state index contributed by atoms with van der Waals surface area (Å²) in [6.45, 7) is 10.5. The number of ether oxygens (including phenoxy) is 1. The maximum absolute atomic E-state index is 13.5. The molecule has 0 bridgehead atoms. The summed E-state index contributed by atoms with van der Waals surface area (Å²) >= 11 is 0. The number of Topliss-reactive ketones (excluding diaryl/α,β-unsaturated/α-hetero) is 1. The van der Waals surface area contributed by atoms with Crippen LogP contribution >= 0.6 is 0 Å². The first-order valence-electron chi connectivity index (χ1n) is 23.1. The highest BCUT2D eigenvalue weighted by Gasteiger charge is 2.39. The van der Waals surface area contributed by atoms with E-state index in [4.69, 9.17) is 10.5 Å². The molecular weight excluding hydrogens is 665 g/mol. The number of hydrogen-bond donors (Lipinski definition) is 1. The summed E-state index contributed by atoms with van der Waals surface area (Å²) < 4.78 is 5.62. The normalized spacial score (nSPS) is 16.8. The van der Waals surface area contributed by atoms with Gasteiger partial charge in [-0.15, -0.1) is 0 Å². The predicted octanol–water partition coefficient (Wildman–Crippen LogP) is 14.7. The van der Waals surface area contributed by atoms with Gasteiger partial charge in [-0.05, 0) is 104 Å². The molecule has 1 aliphatic heterocycles. The van der Waals surface area contributed by atoms with Crippen molar-refractivity contribution in [2.45, 2.75) is 239 Å². The molecule has 1 heterocycles. The van der Waals surface area contributed by atoms with Crippen LogP contribution in [0.25, 0.3) is 0 Å². The smallest absolute Gasteiger partial charge is 0.410 e. The molecule has 312 valence electrons. The Morgan fingerprint density at radius 1 is 0.611 bits per heavy atom. The van der Waals surface area contributed by atoms with Gasteiger partial charge in [-0.1, -0.05) is 165 Å². The molecule has 1 amide bonds. The van der Waals surface area contributed by atoms with Crippen LogP contribution in [0.1, 0.15) is 221 Å². The minimum Gasteiger partial charge on any atom is -0.444 e. The summed E-state index contributed by atoms with van der Waals surface area (Å²) in [7, 11) is 0. The second-order valence-corrected chi connectivity index (χ2v) is 17.3. The number of nitrogens with zero attached hydrogens (tertiary/aromatic N) is 1. The van der Waals surface area contributed by atoms with Crippen LogP contribution in [0.5, 0.6) is 0 Å². The van der Waals surface area contributed by atoms with Gasteiger partial charge >= 0.3 is 6.09 Å². The summed E-state index contributed by atoms with van der Waals surface area (Å²) in [5.41, 5.74) is 5.65. The lowest BCUT2D eigenvalue weighted by atomic mass is 9.88. The second-order valence-electron chi connectivity index (χ2n) is 17.3. The molecule has 5 heteroatoms. The van der Waals surface area contributed by atoms with E-state index in [0.717, 1.165) is 19.3 Å². The molecule has 0 unspecified atom stereocenters. The van der Waals surface area contributed by atoms with E-state index in [9.17, 15) is 9.59 Å². The Labute approximate surface area is 335 Å². The highest BCUT2D eigenvalue weighted by molar-refractivity contribution is 5.88. The first-order chi connectivity index (χ1) is 26.2. The number of unbranched alkanes of at least 4 members (excludes halogenated alkanes) is 18. The lowest BCUT2D eigenvalue weighted by Gasteiger charge is -2.28. The van der Waals surface area contributed by atoms with Gasteiger partial charge in [0, 0.05) is 19.0 Å². The molecule has 1 aliphatic rings. The SMILES string of the molecule is CCCCC/C=C\C/C=C\CCCCCCCCC(CCCCCCCC/C=C\C/C=C\CCCCC)CCC(=O)[C@@H]1C[C@H](N)CN1C(=O)OC(C)(C)C. The van der Waals surface area contributed by atoms with E-state index in [1.54, 1.807) is 4.90 Å². The number of rotatable bonds is 34. The van der Waals surface area contributed by atoms with Crippen LogP contribution in [0.2, 0.25) is 0 Å². The van der Waals surface area contributed by atoms with Crippen molar-refractivity contribution in [3.05, 3.63) is 48.6 Å². The first-order valence-corrected chi connectivity index (χ1v) is 23.1. The molecule has 0 radical (unpaired) electrons. The van der Waals surface area contributed by atoms with Gasteiger partial charge in [-0.2, -0.15) is 0 Å². The zero-order valence-electron chi connectivity index (χ0n) is 36.3. The third-order valence-corrected chi connectivity index (χ3v) is 10.8. The Morgan fingerprint density at radius 2 is 1.02 bits per heavy atom. The Morgan fingerprint density at radius 3 is 1.44 bits per heavy atom. The van der Waals surface area contributed by atoms with E-state index in [2.05, 4.69) is 62.5 Å². The van der Waals surface area contributed by atoms with Crippen LogP contribution in [-0.2, 0) is 9.53 Å². The summed E-state index contributed by atoms with van der Waals surface area (Å²) in [5.74, 6) is 0.739. The molecule has 0 aromatic heterocycles. The molecule has 2 N–H and O–H groups in total. The molecule has 54 heavy (non-hydrogen) atoms. The van der Waals surface area contributed by atoms with Crippen molar-refractivity contribution < 1.29 is 14.3 Å². The topological polar surface area (TPSA) is 72.6 Å². The molecular formula is C49H88N2O3. The van der Waals surface area contributed by atoms with E-state index in [1.165, 1.54) is 154 Å². The zero-order chi connectivity index (χ0) is 39.5. The van der Waals surface area contributed by atoms with Crippen molar-refractivity contribution in [3.8, 4) is 0 Å². The number of amides is 1. The van der Waals surface area contributed by atoms with Crippen LogP contribution < -0.4 is 5.73 Å². The minimum atomic E-state index is -0.591. The van der Waals surface area contributed by atoms with Crippen molar-refractivity contribution in [1.29, 1.82) is 0 Å². The van der Waals surface area contributed by atoms with Gasteiger partial charge in [0.05, 0.1) is 6.04 Å². The average molecular weight is 753 g/mol. The lowest BCUT2D eigenvalue weighted by Crippen LogP contribution is -2.43. The predicted molar refractivity (Wildman–Crippen MR) is 235 cm³/mol. The molecule has 1 rings (SSSR count). The van der Waals surface area contributed by atoms with Crippen molar-refractivity contribution in [3.63, 3.8) is 0 Å². The molecule has 0 saturated carbocycles. The molecule has 5 nitrogen and oxygen atoms in total. The van der Waals surface area contributed by atoms with Gasteiger partial charge in [0.2, 0.25) is 0 Å². The van der Waals surface area contributed by atoms with E-state index in [-0.39, 0.29) is 11.8 Å². The van der Waals surface area contributed by atoms with Gasteiger partial charge < -0.3 is 10.5 Å². The fraction of sp³-hybridized carbons (Fsp3) is 0.796. The molecule has 1 fully saturated rings. The summed E-state index contributed by atoms with van der Waals surface area (Å²) in [4.78, 5) is 28.0. The maximum atomic E-state index is 13.5. The maximum Gasteiger partial charge on any atom is 0.410 e. The largest absolute Gasteiger partial charge is 0.444 e. The zero-order valence-corrected chi connectivity index (χ0v) is 36.3. The number of nitrogens with two attached hydrogens (primary N) is 1. The number of ketones is 1. The molecule has 0 aromatic rings. The Hall–Kier alpha value is -2.14. The number of carbonyl (C=O) groups excluding carboxylic acids is 2. The number of carbonyl (C=O) groups is 2. The number of allylic oxidation sites excluding steroid dienone is 8. The standard InChI is InChI=1S/C49H88N2O3/c1-6-8-10-12-14-16-18-20-22-24-26-28-30-32-34-36-38-44(39-37-35-33-31-29-27-25-23-21-19-17-15-13-11-9-7-2)40-41-47(52)46-42-45(50)43-51(46)48(53)54-49(3,4)5/h14-17,20-23,44-46H,6-13,18-19,24-43,50H2,1-5H3/b16-14-,17-15-,22-20-,23-21-/t45-,46-/m0/s1. The molecule has 0 aromatic carbocycles. The van der Waals surface area contributed by atoms with Gasteiger partial charge in [-0.25, -0.2) is 4.79 Å². The van der Waals surface area contributed by atoms with E-state index < -0.39 is 17.7 Å². The highest BCUT2D eigenvalue weighted by atomic mass is 16.6. The van der Waals surface area contributed by atoms with Gasteiger partial charge in [0.25, 0.3) is 0 Å². The third kappa shape index (κ3) is 29.2. The van der Waals surface area contributed by atoms with E-state index >= 15 is 0 Å². The van der Waals surface area contributed by atoms with Gasteiger partial charge in [0.15, 0.2) is 5.78 Å². The minimum absolute atomic E-state index is 0.160. The van der Waals surface area contributed by atoms with Gasteiger partial charge in [-0.3, -0.25) is 9.69 Å². The van der Waals surface area contributed by atoms with E-state index in [0.29, 0.717) is 25.3 Å². The summed E-state index contributed by atoms with van der Waals surface area (Å²) in [5, 5.41) is 0. The molecule has 0 aliphatic carbocycles. The Kier molecular flexibility index (Phi) is 31.5.